The molecule has 0 bridgehead atoms. The van der Waals surface area contributed by atoms with Gasteiger partial charge in [-0.05, 0) is 50.2 Å². The monoisotopic (exact) mass is 417 g/mol. The van der Waals surface area contributed by atoms with Crippen molar-refractivity contribution >= 4 is 38.1 Å². The molecule has 3 rings (SSSR count). The van der Waals surface area contributed by atoms with Crippen LogP contribution in [0.4, 0.5) is 10.8 Å². The number of ether oxygens (including phenoxy) is 1. The number of benzene rings is 2. The van der Waals surface area contributed by atoms with Crippen LogP contribution in [0.25, 0.3) is 0 Å². The zero-order valence-corrected chi connectivity index (χ0v) is 16.9. The van der Waals surface area contributed by atoms with E-state index in [2.05, 4.69) is 15.0 Å². The van der Waals surface area contributed by atoms with Crippen molar-refractivity contribution in [3.05, 3.63) is 65.2 Å². The molecular weight excluding hydrogens is 398 g/mol. The standard InChI is InChI=1S/C19H19N3O4S2/c1-3-26-14-8-10-15(11-9-14)28(24,25)22-17-7-5-4-6-16(17)18(23)21-19-20-13(2)12-27-19/h4-12,22H,3H2,1-2H3,(H,20,21,23). The molecule has 0 saturated carbocycles. The second-order valence-electron chi connectivity index (χ2n) is 5.80. The highest BCUT2D eigenvalue weighted by Crippen LogP contribution is 2.23. The summed E-state index contributed by atoms with van der Waals surface area (Å²) >= 11 is 1.30. The third-order valence-corrected chi connectivity index (χ3v) is 5.96. The number of nitrogens with zero attached hydrogens (tertiary/aromatic N) is 1. The third kappa shape index (κ3) is 4.68. The average molecular weight is 418 g/mol. The van der Waals surface area contributed by atoms with E-state index in [-0.39, 0.29) is 16.1 Å². The van der Waals surface area contributed by atoms with E-state index >= 15 is 0 Å². The molecule has 9 heteroatoms. The summed E-state index contributed by atoms with van der Waals surface area (Å²) in [6.45, 7) is 4.16. The summed E-state index contributed by atoms with van der Waals surface area (Å²) in [5, 5.41) is 4.95. The van der Waals surface area contributed by atoms with Crippen LogP contribution in [-0.2, 0) is 10.0 Å². The van der Waals surface area contributed by atoms with Crippen LogP contribution in [0.2, 0.25) is 0 Å². The first-order valence-corrected chi connectivity index (χ1v) is 10.8. The molecule has 0 radical (unpaired) electrons. The minimum absolute atomic E-state index is 0.0710. The fourth-order valence-corrected chi connectivity index (χ4v) is 4.19. The Balaban J connectivity index is 1.82. The molecule has 2 aromatic carbocycles. The van der Waals surface area contributed by atoms with E-state index in [9.17, 15) is 13.2 Å². The van der Waals surface area contributed by atoms with Crippen LogP contribution in [0, 0.1) is 6.92 Å². The van der Waals surface area contributed by atoms with Gasteiger partial charge in [0.1, 0.15) is 5.75 Å². The van der Waals surface area contributed by atoms with Crippen molar-refractivity contribution in [2.24, 2.45) is 0 Å². The average Bonchev–Trinajstić information content (AvgIpc) is 3.07. The van der Waals surface area contributed by atoms with Crippen LogP contribution in [-0.4, -0.2) is 25.9 Å². The molecule has 0 atom stereocenters. The molecule has 2 N–H and O–H groups in total. The lowest BCUT2D eigenvalue weighted by atomic mass is 10.2. The molecule has 0 fully saturated rings. The SMILES string of the molecule is CCOc1ccc(S(=O)(=O)Nc2ccccc2C(=O)Nc2nc(C)cs2)cc1. The Bertz CT molecular complexity index is 1080. The number of aryl methyl sites for hydroxylation is 1. The summed E-state index contributed by atoms with van der Waals surface area (Å²) in [7, 11) is -3.87. The van der Waals surface area contributed by atoms with Crippen LogP contribution in [0.5, 0.6) is 5.75 Å². The van der Waals surface area contributed by atoms with Crippen molar-refractivity contribution in [2.45, 2.75) is 18.7 Å². The van der Waals surface area contributed by atoms with E-state index in [0.717, 1.165) is 5.69 Å². The van der Waals surface area contributed by atoms with Crippen molar-refractivity contribution in [1.29, 1.82) is 0 Å². The molecule has 3 aromatic rings. The maximum Gasteiger partial charge on any atom is 0.261 e. The zero-order valence-electron chi connectivity index (χ0n) is 15.3. The molecular formula is C19H19N3O4S2. The van der Waals surface area contributed by atoms with Crippen LogP contribution < -0.4 is 14.8 Å². The molecule has 0 saturated heterocycles. The molecule has 7 nitrogen and oxygen atoms in total. The van der Waals surface area contributed by atoms with Gasteiger partial charge in [-0.15, -0.1) is 11.3 Å². The molecule has 28 heavy (non-hydrogen) atoms. The minimum Gasteiger partial charge on any atom is -0.494 e. The largest absolute Gasteiger partial charge is 0.494 e. The highest BCUT2D eigenvalue weighted by atomic mass is 32.2. The molecule has 0 unspecified atom stereocenters. The van der Waals surface area contributed by atoms with Gasteiger partial charge in [-0.2, -0.15) is 0 Å². The summed E-state index contributed by atoms with van der Waals surface area (Å²) in [6.07, 6.45) is 0. The summed E-state index contributed by atoms with van der Waals surface area (Å²) < 4.78 is 33.2. The Morgan fingerprint density at radius 2 is 1.86 bits per heavy atom. The fraction of sp³-hybridized carbons (Fsp3) is 0.158. The van der Waals surface area contributed by atoms with Crippen LogP contribution in [0.3, 0.4) is 0 Å². The summed E-state index contributed by atoms with van der Waals surface area (Å²) in [5.41, 5.74) is 1.18. The van der Waals surface area contributed by atoms with E-state index in [4.69, 9.17) is 4.74 Å². The number of aromatic nitrogens is 1. The lowest BCUT2D eigenvalue weighted by Crippen LogP contribution is -2.18. The van der Waals surface area contributed by atoms with Gasteiger partial charge in [-0.1, -0.05) is 12.1 Å². The predicted octanol–water partition coefficient (Wildman–Crippen LogP) is 3.90. The van der Waals surface area contributed by atoms with Crippen molar-refractivity contribution in [3.63, 3.8) is 0 Å². The van der Waals surface area contributed by atoms with E-state index in [1.165, 1.54) is 29.5 Å². The number of nitrogens with one attached hydrogen (secondary N) is 2. The van der Waals surface area contributed by atoms with Gasteiger partial charge in [0, 0.05) is 5.38 Å². The highest BCUT2D eigenvalue weighted by molar-refractivity contribution is 7.92. The first-order chi connectivity index (χ1) is 13.4. The number of thiazole rings is 1. The van der Waals surface area contributed by atoms with Crippen LogP contribution in [0.15, 0.2) is 58.8 Å². The van der Waals surface area contributed by atoms with Crippen molar-refractivity contribution in [3.8, 4) is 5.75 Å². The normalized spacial score (nSPS) is 11.1. The first kappa shape index (κ1) is 19.8. The van der Waals surface area contributed by atoms with E-state index < -0.39 is 15.9 Å². The van der Waals surface area contributed by atoms with Gasteiger partial charge >= 0.3 is 0 Å². The third-order valence-electron chi connectivity index (χ3n) is 3.70. The van der Waals surface area contributed by atoms with E-state index in [0.29, 0.717) is 17.5 Å². The molecule has 0 aliphatic heterocycles. The molecule has 0 spiro atoms. The van der Waals surface area contributed by atoms with Gasteiger partial charge < -0.3 is 4.74 Å². The number of carbonyl (C=O) groups excluding carboxylic acids is 1. The number of rotatable bonds is 7. The Morgan fingerprint density at radius 1 is 1.14 bits per heavy atom. The maximum absolute atomic E-state index is 12.7. The highest BCUT2D eigenvalue weighted by Gasteiger charge is 2.19. The van der Waals surface area contributed by atoms with Gasteiger partial charge in [0.15, 0.2) is 5.13 Å². The quantitative estimate of drug-likeness (QED) is 0.608. The van der Waals surface area contributed by atoms with Crippen molar-refractivity contribution < 1.29 is 17.9 Å². The number of para-hydroxylation sites is 1. The number of hydrogen-bond donors (Lipinski definition) is 2. The van der Waals surface area contributed by atoms with E-state index in [1.54, 1.807) is 30.3 Å². The number of hydrogen-bond acceptors (Lipinski definition) is 6. The summed E-state index contributed by atoms with van der Waals surface area (Å²) in [5.74, 6) is 0.138. The smallest absolute Gasteiger partial charge is 0.261 e. The topological polar surface area (TPSA) is 97.4 Å². The molecule has 1 amide bonds. The van der Waals surface area contributed by atoms with Gasteiger partial charge in [0.2, 0.25) is 0 Å². The molecule has 1 aromatic heterocycles. The summed E-state index contributed by atoms with van der Waals surface area (Å²) in [4.78, 5) is 16.8. The second kappa shape index (κ2) is 8.41. The summed E-state index contributed by atoms with van der Waals surface area (Å²) in [6, 6.07) is 12.5. The Hall–Kier alpha value is -2.91. The second-order valence-corrected chi connectivity index (χ2v) is 8.34. The molecule has 0 aliphatic carbocycles. The molecule has 146 valence electrons. The maximum atomic E-state index is 12.7. The zero-order chi connectivity index (χ0) is 20.1. The van der Waals surface area contributed by atoms with Crippen LogP contribution >= 0.6 is 11.3 Å². The number of anilines is 2. The fourth-order valence-electron chi connectivity index (χ4n) is 2.43. The predicted molar refractivity (Wildman–Crippen MR) is 110 cm³/mol. The molecule has 0 aliphatic rings. The van der Waals surface area contributed by atoms with E-state index in [1.807, 2.05) is 19.2 Å². The Morgan fingerprint density at radius 3 is 2.50 bits per heavy atom. The lowest BCUT2D eigenvalue weighted by Gasteiger charge is -2.12. The lowest BCUT2D eigenvalue weighted by molar-refractivity contribution is 0.102. The van der Waals surface area contributed by atoms with Crippen molar-refractivity contribution in [2.75, 3.05) is 16.6 Å². The van der Waals surface area contributed by atoms with Gasteiger partial charge in [0.05, 0.1) is 28.4 Å². The van der Waals surface area contributed by atoms with Gasteiger partial charge in [-0.3, -0.25) is 14.8 Å². The van der Waals surface area contributed by atoms with Gasteiger partial charge in [-0.25, -0.2) is 13.4 Å². The first-order valence-electron chi connectivity index (χ1n) is 8.47. The van der Waals surface area contributed by atoms with Gasteiger partial charge in [0.25, 0.3) is 15.9 Å². The van der Waals surface area contributed by atoms with Crippen LogP contribution in [0.1, 0.15) is 23.0 Å². The molecule has 1 heterocycles. The number of sulfonamides is 1. The Kier molecular flexibility index (Phi) is 5.96. The van der Waals surface area contributed by atoms with Crippen molar-refractivity contribution in [1.82, 2.24) is 4.98 Å². The number of carbonyl (C=O) groups is 1. The number of amides is 1. The minimum atomic E-state index is -3.87. The Labute approximate surface area is 167 Å².